The van der Waals surface area contributed by atoms with E-state index in [4.69, 9.17) is 14.2 Å². The average Bonchev–Trinajstić information content (AvgIpc) is 3.48. The molecule has 3 aromatic rings. The minimum Gasteiger partial charge on any atom is -0.497 e. The number of rotatable bonds is 14. The Hall–Kier alpha value is -4.05. The fourth-order valence-electron chi connectivity index (χ4n) is 4.15. The molecule has 1 aromatic heterocycles. The summed E-state index contributed by atoms with van der Waals surface area (Å²) in [5, 5.41) is 7.67. The van der Waals surface area contributed by atoms with E-state index in [2.05, 4.69) is 10.6 Å². The van der Waals surface area contributed by atoms with Gasteiger partial charge in [0.1, 0.15) is 11.4 Å². The van der Waals surface area contributed by atoms with Gasteiger partial charge in [-0.05, 0) is 81.3 Å². The van der Waals surface area contributed by atoms with Gasteiger partial charge in [-0.3, -0.25) is 4.79 Å². The van der Waals surface area contributed by atoms with Crippen molar-refractivity contribution >= 4 is 29.4 Å². The number of hydrogen-bond donors (Lipinski definition) is 2. The standard InChI is InChI=1S/C32H41N3O6S/c1-32(2,3)41-31(38)34-26(13-8-9-19-40-30(37)33-21-24-11-6-5-7-12-24)22-35(23-28-14-10-20-42-28)29(36)25-15-17-27(39-4)18-16-25/h5-7,10-12,14-18,20,26H,8-9,13,19,21-23H2,1-4H3,(H,33,37)(H,34,38)/t26-/m0/s1. The van der Waals surface area contributed by atoms with Crippen LogP contribution in [-0.2, 0) is 22.6 Å². The largest absolute Gasteiger partial charge is 0.497 e. The lowest BCUT2D eigenvalue weighted by atomic mass is 10.1. The molecule has 3 amide bonds. The molecule has 0 aliphatic rings. The molecule has 0 radical (unpaired) electrons. The molecule has 9 nitrogen and oxygen atoms in total. The van der Waals surface area contributed by atoms with Crippen LogP contribution in [0, 0.1) is 0 Å². The van der Waals surface area contributed by atoms with Gasteiger partial charge in [-0.2, -0.15) is 0 Å². The Morgan fingerprint density at radius 3 is 2.31 bits per heavy atom. The number of carbonyl (C=O) groups excluding carboxylic acids is 3. The number of nitrogens with zero attached hydrogens (tertiary/aromatic N) is 1. The first-order valence-electron chi connectivity index (χ1n) is 14.0. The highest BCUT2D eigenvalue weighted by Gasteiger charge is 2.25. The summed E-state index contributed by atoms with van der Waals surface area (Å²) in [6.45, 7) is 6.72. The highest BCUT2D eigenvalue weighted by Crippen LogP contribution is 2.19. The molecule has 0 bridgehead atoms. The maximum atomic E-state index is 13.6. The van der Waals surface area contributed by atoms with Gasteiger partial charge < -0.3 is 29.7 Å². The molecule has 0 aliphatic carbocycles. The first-order chi connectivity index (χ1) is 20.1. The van der Waals surface area contributed by atoms with Gasteiger partial charge in [0.05, 0.1) is 20.3 Å². The third kappa shape index (κ3) is 11.8. The van der Waals surface area contributed by atoms with Crippen LogP contribution in [-0.4, -0.2) is 54.9 Å². The summed E-state index contributed by atoms with van der Waals surface area (Å²) in [7, 11) is 1.58. The molecule has 0 unspecified atom stereocenters. The number of methoxy groups -OCH3 is 1. The Bertz CT molecular complexity index is 1240. The van der Waals surface area contributed by atoms with Gasteiger partial charge in [0.15, 0.2) is 0 Å². The predicted octanol–water partition coefficient (Wildman–Crippen LogP) is 6.39. The fraction of sp³-hybridized carbons (Fsp3) is 0.406. The lowest BCUT2D eigenvalue weighted by Gasteiger charge is -2.29. The highest BCUT2D eigenvalue weighted by atomic mass is 32.1. The van der Waals surface area contributed by atoms with E-state index in [1.165, 1.54) is 0 Å². The summed E-state index contributed by atoms with van der Waals surface area (Å²) in [4.78, 5) is 41.2. The van der Waals surface area contributed by atoms with Gasteiger partial charge in [-0.15, -0.1) is 11.3 Å². The molecule has 0 fully saturated rings. The van der Waals surface area contributed by atoms with Crippen LogP contribution in [0.3, 0.4) is 0 Å². The van der Waals surface area contributed by atoms with Crippen LogP contribution in [0.25, 0.3) is 0 Å². The maximum Gasteiger partial charge on any atom is 0.407 e. The second-order valence-corrected chi connectivity index (χ2v) is 11.8. The van der Waals surface area contributed by atoms with E-state index in [0.717, 1.165) is 10.4 Å². The van der Waals surface area contributed by atoms with Gasteiger partial charge in [-0.1, -0.05) is 36.4 Å². The molecule has 1 heterocycles. The fourth-order valence-corrected chi connectivity index (χ4v) is 4.87. The molecular weight excluding hydrogens is 554 g/mol. The number of hydrogen-bond acceptors (Lipinski definition) is 7. The number of unbranched alkanes of at least 4 members (excludes halogenated alkanes) is 1. The summed E-state index contributed by atoms with van der Waals surface area (Å²) in [6.07, 6.45) is 0.801. The number of nitrogens with one attached hydrogen (secondary N) is 2. The van der Waals surface area contributed by atoms with Crippen LogP contribution in [0.15, 0.2) is 72.1 Å². The smallest absolute Gasteiger partial charge is 0.407 e. The zero-order valence-electron chi connectivity index (χ0n) is 24.8. The molecule has 226 valence electrons. The van der Waals surface area contributed by atoms with Crippen molar-refractivity contribution < 1.29 is 28.6 Å². The second-order valence-electron chi connectivity index (χ2n) is 10.8. The van der Waals surface area contributed by atoms with Crippen molar-refractivity contribution in [2.24, 2.45) is 0 Å². The summed E-state index contributed by atoms with van der Waals surface area (Å²) >= 11 is 1.57. The van der Waals surface area contributed by atoms with Crippen molar-refractivity contribution in [3.05, 3.63) is 88.1 Å². The van der Waals surface area contributed by atoms with E-state index in [-0.39, 0.29) is 25.1 Å². The number of amides is 3. The van der Waals surface area contributed by atoms with Crippen molar-refractivity contribution in [3.8, 4) is 5.75 Å². The zero-order valence-corrected chi connectivity index (χ0v) is 25.6. The Morgan fingerprint density at radius 1 is 0.929 bits per heavy atom. The Morgan fingerprint density at radius 2 is 1.67 bits per heavy atom. The van der Waals surface area contributed by atoms with Gasteiger partial charge in [-0.25, -0.2) is 9.59 Å². The summed E-state index contributed by atoms with van der Waals surface area (Å²) in [5.74, 6) is 0.511. The van der Waals surface area contributed by atoms with Crippen LogP contribution < -0.4 is 15.4 Å². The molecule has 0 aliphatic heterocycles. The number of thiophene rings is 1. The second kappa shape index (κ2) is 16.4. The van der Waals surface area contributed by atoms with Crippen LogP contribution in [0.1, 0.15) is 60.8 Å². The predicted molar refractivity (Wildman–Crippen MR) is 164 cm³/mol. The quantitative estimate of drug-likeness (QED) is 0.209. The number of carbonyl (C=O) groups is 3. The first kappa shape index (κ1) is 32.5. The van der Waals surface area contributed by atoms with Crippen LogP contribution in [0.5, 0.6) is 5.75 Å². The van der Waals surface area contributed by atoms with E-state index >= 15 is 0 Å². The van der Waals surface area contributed by atoms with Crippen LogP contribution in [0.4, 0.5) is 9.59 Å². The van der Waals surface area contributed by atoms with Crippen molar-refractivity contribution in [1.29, 1.82) is 0 Å². The molecule has 0 spiro atoms. The topological polar surface area (TPSA) is 106 Å². The molecular formula is C32H41N3O6S. The minimum atomic E-state index is -0.662. The van der Waals surface area contributed by atoms with Gasteiger partial charge in [0.2, 0.25) is 0 Å². The molecule has 1 atom stereocenters. The molecule has 10 heteroatoms. The summed E-state index contributed by atoms with van der Waals surface area (Å²) in [5.41, 5.74) is 0.852. The van der Waals surface area contributed by atoms with E-state index in [1.54, 1.807) is 68.4 Å². The maximum absolute atomic E-state index is 13.6. The van der Waals surface area contributed by atoms with Crippen LogP contribution >= 0.6 is 11.3 Å². The number of benzene rings is 2. The first-order valence-corrected chi connectivity index (χ1v) is 14.9. The molecule has 0 saturated heterocycles. The van der Waals surface area contributed by atoms with Crippen molar-refractivity contribution in [3.63, 3.8) is 0 Å². The molecule has 0 saturated carbocycles. The SMILES string of the molecule is COc1ccc(C(=O)N(Cc2cccs2)C[C@H](CCCCOC(=O)NCc2ccccc2)NC(=O)OC(C)(C)C)cc1. The van der Waals surface area contributed by atoms with Crippen molar-refractivity contribution in [1.82, 2.24) is 15.5 Å². The lowest BCUT2D eigenvalue weighted by molar-refractivity contribution is 0.0472. The van der Waals surface area contributed by atoms with Gasteiger partial charge >= 0.3 is 12.2 Å². The lowest BCUT2D eigenvalue weighted by Crippen LogP contribution is -2.47. The Kier molecular flexibility index (Phi) is 12.7. The molecule has 2 aromatic carbocycles. The summed E-state index contributed by atoms with van der Waals surface area (Å²) < 4.78 is 16.1. The van der Waals surface area contributed by atoms with Gasteiger partial charge in [0.25, 0.3) is 5.91 Å². The zero-order chi connectivity index (χ0) is 30.4. The molecule has 2 N–H and O–H groups in total. The van der Waals surface area contributed by atoms with Crippen molar-refractivity contribution in [2.75, 3.05) is 20.3 Å². The monoisotopic (exact) mass is 595 g/mol. The summed E-state index contributed by atoms with van der Waals surface area (Å²) in [6, 6.07) is 20.1. The molecule has 3 rings (SSSR count). The van der Waals surface area contributed by atoms with E-state index in [0.29, 0.717) is 43.7 Å². The highest BCUT2D eigenvalue weighted by molar-refractivity contribution is 7.09. The van der Waals surface area contributed by atoms with Crippen molar-refractivity contribution in [2.45, 2.75) is 64.8 Å². The Labute approximate surface area is 252 Å². The number of ether oxygens (including phenoxy) is 3. The third-order valence-corrected chi connectivity index (χ3v) is 7.03. The third-order valence-electron chi connectivity index (χ3n) is 6.17. The average molecular weight is 596 g/mol. The van der Waals surface area contributed by atoms with Crippen LogP contribution in [0.2, 0.25) is 0 Å². The Balaban J connectivity index is 1.61. The van der Waals surface area contributed by atoms with E-state index in [1.807, 2.05) is 47.8 Å². The number of alkyl carbamates (subject to hydrolysis) is 2. The van der Waals surface area contributed by atoms with E-state index < -0.39 is 17.8 Å². The van der Waals surface area contributed by atoms with E-state index in [9.17, 15) is 14.4 Å². The minimum absolute atomic E-state index is 0.152. The van der Waals surface area contributed by atoms with Gasteiger partial charge in [0, 0.05) is 29.6 Å². The molecule has 42 heavy (non-hydrogen) atoms. The normalized spacial score (nSPS) is 11.7.